The van der Waals surface area contributed by atoms with Gasteiger partial charge >= 0.3 is 12.0 Å². The van der Waals surface area contributed by atoms with Crippen LogP contribution in [0.3, 0.4) is 0 Å². The molecule has 1 atom stereocenters. The number of aromatic carboxylic acids is 1. The normalized spacial score (nSPS) is 18.1. The summed E-state index contributed by atoms with van der Waals surface area (Å²) in [7, 11) is 0. The molecule has 6 nitrogen and oxygen atoms in total. The molecule has 0 aliphatic carbocycles. The third kappa shape index (κ3) is 3.45. The van der Waals surface area contributed by atoms with E-state index in [4.69, 9.17) is 9.84 Å². The van der Waals surface area contributed by atoms with E-state index in [1.54, 1.807) is 12.1 Å². The van der Waals surface area contributed by atoms with Gasteiger partial charge in [-0.1, -0.05) is 6.07 Å². The first kappa shape index (κ1) is 13.8. The number of ether oxygens (including phenoxy) is 1. The van der Waals surface area contributed by atoms with E-state index < -0.39 is 12.0 Å². The summed E-state index contributed by atoms with van der Waals surface area (Å²) in [6.45, 7) is 1.11. The molecule has 1 saturated heterocycles. The van der Waals surface area contributed by atoms with Gasteiger partial charge in [0.15, 0.2) is 0 Å². The largest absolute Gasteiger partial charge is 0.478 e. The van der Waals surface area contributed by atoms with Crippen molar-refractivity contribution in [1.29, 1.82) is 0 Å². The molecule has 0 bridgehead atoms. The molecule has 1 aliphatic heterocycles. The fraction of sp³-hybridized carbons (Fsp3) is 0.333. The molecule has 3 N–H and O–H groups in total. The average molecular weight is 329 g/mol. The lowest BCUT2D eigenvalue weighted by Crippen LogP contribution is -2.38. The number of carbonyl (C=O) groups excluding carboxylic acids is 1. The molecule has 1 aromatic rings. The maximum Gasteiger partial charge on any atom is 0.337 e. The molecule has 1 aromatic carbocycles. The van der Waals surface area contributed by atoms with Gasteiger partial charge in [-0.15, -0.1) is 0 Å². The van der Waals surface area contributed by atoms with Crippen LogP contribution < -0.4 is 10.6 Å². The van der Waals surface area contributed by atoms with Gasteiger partial charge in [-0.25, -0.2) is 9.59 Å². The van der Waals surface area contributed by atoms with Crippen molar-refractivity contribution in [3.05, 3.63) is 28.2 Å². The van der Waals surface area contributed by atoms with E-state index in [0.717, 1.165) is 6.42 Å². The molecule has 0 saturated carbocycles. The van der Waals surface area contributed by atoms with Crippen molar-refractivity contribution >= 4 is 33.6 Å². The van der Waals surface area contributed by atoms with E-state index >= 15 is 0 Å². The van der Waals surface area contributed by atoms with Crippen LogP contribution in [-0.4, -0.2) is 36.4 Å². The number of halogens is 1. The highest BCUT2D eigenvalue weighted by molar-refractivity contribution is 9.10. The second kappa shape index (κ2) is 6.03. The van der Waals surface area contributed by atoms with Crippen molar-refractivity contribution in [2.24, 2.45) is 0 Å². The molecule has 0 radical (unpaired) electrons. The Hall–Kier alpha value is -1.60. The summed E-state index contributed by atoms with van der Waals surface area (Å²) in [6, 6.07) is 4.23. The smallest absolute Gasteiger partial charge is 0.337 e. The van der Waals surface area contributed by atoms with Crippen LogP contribution in [0, 0.1) is 0 Å². The number of rotatable bonds is 3. The van der Waals surface area contributed by atoms with Gasteiger partial charge in [-0.05, 0) is 34.5 Å². The third-order valence-corrected chi connectivity index (χ3v) is 3.41. The Bertz CT molecular complexity index is 501. The average Bonchev–Trinajstić information content (AvgIpc) is 2.84. The number of anilines is 1. The van der Waals surface area contributed by atoms with E-state index in [9.17, 15) is 9.59 Å². The summed E-state index contributed by atoms with van der Waals surface area (Å²) in [6.07, 6.45) is 0.759. The number of carboxylic acid groups (broad SMARTS) is 1. The van der Waals surface area contributed by atoms with E-state index in [2.05, 4.69) is 26.6 Å². The molecule has 1 heterocycles. The summed E-state index contributed by atoms with van der Waals surface area (Å²) < 4.78 is 5.67. The van der Waals surface area contributed by atoms with Crippen LogP contribution in [0.1, 0.15) is 16.8 Å². The first-order valence-corrected chi connectivity index (χ1v) is 6.54. The molecule has 2 rings (SSSR count). The maximum absolute atomic E-state index is 11.8. The van der Waals surface area contributed by atoms with Crippen molar-refractivity contribution in [3.63, 3.8) is 0 Å². The minimum Gasteiger partial charge on any atom is -0.478 e. The van der Waals surface area contributed by atoms with Gasteiger partial charge in [-0.3, -0.25) is 0 Å². The fourth-order valence-electron chi connectivity index (χ4n) is 1.81. The summed E-state index contributed by atoms with van der Waals surface area (Å²) >= 11 is 3.23. The third-order valence-electron chi connectivity index (χ3n) is 2.75. The minimum atomic E-state index is -1.10. The van der Waals surface area contributed by atoms with Crippen LogP contribution in [0.4, 0.5) is 10.5 Å². The van der Waals surface area contributed by atoms with Crippen LogP contribution in [0.2, 0.25) is 0 Å². The molecule has 1 unspecified atom stereocenters. The highest BCUT2D eigenvalue weighted by atomic mass is 79.9. The van der Waals surface area contributed by atoms with Crippen molar-refractivity contribution in [1.82, 2.24) is 5.32 Å². The molecule has 1 aliphatic rings. The Labute approximate surface area is 118 Å². The standard InChI is InChI=1S/C12H13BrN2O4/c13-9-3-1-2-8(11(16)17)10(9)15-12(18)14-7-4-5-19-6-7/h1-3,7H,4-6H2,(H,16,17)(H2,14,15,18). The number of hydrogen-bond acceptors (Lipinski definition) is 3. The zero-order chi connectivity index (χ0) is 13.8. The second-order valence-electron chi connectivity index (χ2n) is 4.13. The van der Waals surface area contributed by atoms with Gasteiger partial charge in [0.1, 0.15) is 0 Å². The Morgan fingerprint density at radius 2 is 2.21 bits per heavy atom. The summed E-state index contributed by atoms with van der Waals surface area (Å²) in [5.74, 6) is -1.10. The molecular weight excluding hydrogens is 316 g/mol. The lowest BCUT2D eigenvalue weighted by atomic mass is 10.2. The second-order valence-corrected chi connectivity index (χ2v) is 4.98. The SMILES string of the molecule is O=C(Nc1c(Br)cccc1C(=O)O)NC1CCOC1. The molecule has 0 spiro atoms. The van der Waals surface area contributed by atoms with Gasteiger partial charge in [0.25, 0.3) is 0 Å². The van der Waals surface area contributed by atoms with E-state index in [0.29, 0.717) is 17.7 Å². The van der Waals surface area contributed by atoms with Crippen LogP contribution in [0.15, 0.2) is 22.7 Å². The van der Waals surface area contributed by atoms with E-state index in [1.807, 2.05) is 0 Å². The van der Waals surface area contributed by atoms with Gasteiger partial charge < -0.3 is 20.5 Å². The van der Waals surface area contributed by atoms with E-state index in [-0.39, 0.29) is 17.3 Å². The van der Waals surface area contributed by atoms with Crippen molar-refractivity contribution in [2.75, 3.05) is 18.5 Å². The number of amides is 2. The van der Waals surface area contributed by atoms with Gasteiger partial charge in [-0.2, -0.15) is 0 Å². The molecule has 0 aromatic heterocycles. The highest BCUT2D eigenvalue weighted by Gasteiger charge is 2.20. The lowest BCUT2D eigenvalue weighted by molar-refractivity contribution is 0.0698. The summed E-state index contributed by atoms with van der Waals surface area (Å²) in [4.78, 5) is 22.9. The molecule has 2 amide bonds. The summed E-state index contributed by atoms with van der Waals surface area (Å²) in [5.41, 5.74) is 0.276. The lowest BCUT2D eigenvalue weighted by Gasteiger charge is -2.14. The number of carbonyl (C=O) groups is 2. The molecule has 102 valence electrons. The Kier molecular flexibility index (Phi) is 4.39. The molecule has 19 heavy (non-hydrogen) atoms. The quantitative estimate of drug-likeness (QED) is 0.792. The Morgan fingerprint density at radius 1 is 1.42 bits per heavy atom. The number of hydrogen-bond donors (Lipinski definition) is 3. The first-order chi connectivity index (χ1) is 9.08. The zero-order valence-corrected chi connectivity index (χ0v) is 11.6. The molecule has 7 heteroatoms. The Morgan fingerprint density at radius 3 is 2.84 bits per heavy atom. The Balaban J connectivity index is 2.09. The maximum atomic E-state index is 11.8. The number of nitrogens with one attached hydrogen (secondary N) is 2. The highest BCUT2D eigenvalue weighted by Crippen LogP contribution is 2.26. The van der Waals surface area contributed by atoms with E-state index in [1.165, 1.54) is 6.07 Å². The predicted octanol–water partition coefficient (Wildman–Crippen LogP) is 2.06. The monoisotopic (exact) mass is 328 g/mol. The first-order valence-electron chi connectivity index (χ1n) is 5.75. The van der Waals surface area contributed by atoms with Gasteiger partial charge in [0.2, 0.25) is 0 Å². The zero-order valence-electron chi connectivity index (χ0n) is 9.98. The molecule has 1 fully saturated rings. The topological polar surface area (TPSA) is 87.7 Å². The predicted molar refractivity (Wildman–Crippen MR) is 72.5 cm³/mol. The van der Waals surface area contributed by atoms with Gasteiger partial charge in [0.05, 0.1) is 23.9 Å². The number of para-hydroxylation sites is 1. The fourth-order valence-corrected chi connectivity index (χ4v) is 2.28. The van der Waals surface area contributed by atoms with Crippen LogP contribution >= 0.6 is 15.9 Å². The molecular formula is C12H13BrN2O4. The van der Waals surface area contributed by atoms with Crippen LogP contribution in [0.5, 0.6) is 0 Å². The number of benzene rings is 1. The minimum absolute atomic E-state index is 0.0317. The van der Waals surface area contributed by atoms with Crippen molar-refractivity contribution in [3.8, 4) is 0 Å². The van der Waals surface area contributed by atoms with Crippen molar-refractivity contribution < 1.29 is 19.4 Å². The van der Waals surface area contributed by atoms with Crippen molar-refractivity contribution in [2.45, 2.75) is 12.5 Å². The summed E-state index contributed by atoms with van der Waals surface area (Å²) in [5, 5.41) is 14.4. The van der Waals surface area contributed by atoms with Crippen LogP contribution in [0.25, 0.3) is 0 Å². The number of urea groups is 1. The van der Waals surface area contributed by atoms with Gasteiger partial charge in [0, 0.05) is 11.1 Å². The number of carboxylic acids is 1. The van der Waals surface area contributed by atoms with Crippen LogP contribution in [-0.2, 0) is 4.74 Å².